The van der Waals surface area contributed by atoms with Gasteiger partial charge in [0, 0.05) is 42.5 Å². The summed E-state index contributed by atoms with van der Waals surface area (Å²) in [6.45, 7) is 1.84. The van der Waals surface area contributed by atoms with Gasteiger partial charge in [0.2, 0.25) is 5.91 Å². The Hall–Kier alpha value is -1.87. The van der Waals surface area contributed by atoms with Crippen molar-refractivity contribution in [1.82, 2.24) is 14.9 Å². The van der Waals surface area contributed by atoms with Crippen LogP contribution >= 0.6 is 11.3 Å². The van der Waals surface area contributed by atoms with E-state index >= 15 is 0 Å². The average Bonchev–Trinajstić information content (AvgIpc) is 3.12. The van der Waals surface area contributed by atoms with Crippen molar-refractivity contribution in [3.63, 3.8) is 0 Å². The molecular formula is C15H17F3N4OS. The van der Waals surface area contributed by atoms with Gasteiger partial charge in [0.05, 0.1) is 5.56 Å². The highest BCUT2D eigenvalue weighted by atomic mass is 32.1. The third kappa shape index (κ3) is 3.78. The Morgan fingerprint density at radius 2 is 2.29 bits per heavy atom. The lowest BCUT2D eigenvalue weighted by molar-refractivity contribution is -0.141. The number of amides is 1. The van der Waals surface area contributed by atoms with Crippen molar-refractivity contribution in [2.75, 3.05) is 6.54 Å². The Morgan fingerprint density at radius 1 is 1.50 bits per heavy atom. The topological polar surface area (TPSA) is 72.9 Å². The molecule has 1 amide bonds. The monoisotopic (exact) mass is 358 g/mol. The SMILES string of the molecule is NC(=O)c1csc(CNCC2CCc3nc(C(F)(F)F)cn3C2)c1. The molecule has 1 aliphatic rings. The van der Waals surface area contributed by atoms with Crippen LogP contribution < -0.4 is 11.1 Å². The van der Waals surface area contributed by atoms with Crippen LogP contribution in [-0.2, 0) is 25.7 Å². The first-order valence-corrected chi connectivity index (χ1v) is 8.42. The highest BCUT2D eigenvalue weighted by Crippen LogP contribution is 2.30. The molecule has 9 heteroatoms. The second-order valence-electron chi connectivity index (χ2n) is 5.89. The van der Waals surface area contributed by atoms with Gasteiger partial charge in [-0.25, -0.2) is 4.98 Å². The molecular weight excluding hydrogens is 341 g/mol. The Balaban J connectivity index is 1.52. The maximum Gasteiger partial charge on any atom is 0.434 e. The van der Waals surface area contributed by atoms with Crippen molar-refractivity contribution in [1.29, 1.82) is 0 Å². The van der Waals surface area contributed by atoms with E-state index in [4.69, 9.17) is 5.73 Å². The van der Waals surface area contributed by atoms with Crippen molar-refractivity contribution in [3.8, 4) is 0 Å². The number of primary amides is 1. The molecule has 0 aliphatic carbocycles. The molecule has 3 rings (SSSR count). The van der Waals surface area contributed by atoms with Gasteiger partial charge in [-0.15, -0.1) is 11.3 Å². The molecule has 1 atom stereocenters. The lowest BCUT2D eigenvalue weighted by Gasteiger charge is -2.23. The predicted molar refractivity (Wildman–Crippen MR) is 83.6 cm³/mol. The second-order valence-corrected chi connectivity index (χ2v) is 6.89. The van der Waals surface area contributed by atoms with Crippen LogP contribution in [0.25, 0.3) is 0 Å². The summed E-state index contributed by atoms with van der Waals surface area (Å²) < 4.78 is 39.7. The molecule has 5 nitrogen and oxygen atoms in total. The molecule has 0 saturated carbocycles. The first-order chi connectivity index (χ1) is 11.3. The van der Waals surface area contributed by atoms with E-state index in [1.807, 2.05) is 0 Å². The van der Waals surface area contributed by atoms with Gasteiger partial charge < -0.3 is 15.6 Å². The zero-order valence-corrected chi connectivity index (χ0v) is 13.6. The smallest absolute Gasteiger partial charge is 0.366 e. The van der Waals surface area contributed by atoms with E-state index in [1.54, 1.807) is 16.0 Å². The summed E-state index contributed by atoms with van der Waals surface area (Å²) in [4.78, 5) is 15.7. The highest BCUT2D eigenvalue weighted by molar-refractivity contribution is 7.10. The lowest BCUT2D eigenvalue weighted by Crippen LogP contribution is -2.29. The summed E-state index contributed by atoms with van der Waals surface area (Å²) in [5.74, 6) is 0.309. The first-order valence-electron chi connectivity index (χ1n) is 7.54. The van der Waals surface area contributed by atoms with Gasteiger partial charge in [0.1, 0.15) is 5.82 Å². The van der Waals surface area contributed by atoms with Crippen LogP contribution in [0.1, 0.15) is 33.2 Å². The average molecular weight is 358 g/mol. The van der Waals surface area contributed by atoms with Crippen molar-refractivity contribution in [2.45, 2.75) is 32.1 Å². The summed E-state index contributed by atoms with van der Waals surface area (Å²) >= 11 is 1.46. The number of nitrogens with two attached hydrogens (primary N) is 1. The van der Waals surface area contributed by atoms with Crippen LogP contribution in [0.15, 0.2) is 17.6 Å². The van der Waals surface area contributed by atoms with Crippen molar-refractivity contribution >= 4 is 17.2 Å². The van der Waals surface area contributed by atoms with E-state index in [0.717, 1.165) is 17.5 Å². The van der Waals surface area contributed by atoms with E-state index in [1.165, 1.54) is 11.3 Å². The van der Waals surface area contributed by atoms with E-state index in [0.29, 0.717) is 37.4 Å². The van der Waals surface area contributed by atoms with Crippen molar-refractivity contribution in [3.05, 3.63) is 39.6 Å². The van der Waals surface area contributed by atoms with Crippen LogP contribution in [0.3, 0.4) is 0 Å². The number of aromatic nitrogens is 2. The Kier molecular flexibility index (Phi) is 4.64. The predicted octanol–water partition coefficient (Wildman–Crippen LogP) is 2.41. The van der Waals surface area contributed by atoms with E-state index in [2.05, 4.69) is 10.3 Å². The second kappa shape index (κ2) is 6.56. The number of aryl methyl sites for hydroxylation is 1. The molecule has 0 bridgehead atoms. The number of carbonyl (C=O) groups excluding carboxylic acids is 1. The fourth-order valence-electron chi connectivity index (χ4n) is 2.82. The number of imidazole rings is 1. The number of alkyl halides is 3. The minimum Gasteiger partial charge on any atom is -0.366 e. The number of hydrogen-bond acceptors (Lipinski definition) is 4. The summed E-state index contributed by atoms with van der Waals surface area (Å²) in [5, 5.41) is 5.01. The molecule has 0 saturated heterocycles. The molecule has 3 heterocycles. The Labute approximate surface area is 140 Å². The van der Waals surface area contributed by atoms with Gasteiger partial charge in [-0.1, -0.05) is 0 Å². The molecule has 0 spiro atoms. The third-order valence-electron chi connectivity index (χ3n) is 4.05. The molecule has 2 aromatic rings. The standard InChI is InChI=1S/C15H17F3N4OS/c16-15(17,18)12-7-22-6-9(1-2-13(22)21-12)4-20-5-11-3-10(8-24-11)14(19)23/h3,7-9,20H,1-2,4-6H2,(H2,19,23). The number of thiophene rings is 1. The van der Waals surface area contributed by atoms with Crippen LogP contribution in [0, 0.1) is 5.92 Å². The number of carbonyl (C=O) groups is 1. The molecule has 3 N–H and O–H groups in total. The molecule has 24 heavy (non-hydrogen) atoms. The van der Waals surface area contributed by atoms with Gasteiger partial charge in [0.25, 0.3) is 0 Å². The maximum atomic E-state index is 12.7. The lowest BCUT2D eigenvalue weighted by atomic mass is 9.99. The maximum absolute atomic E-state index is 12.7. The van der Waals surface area contributed by atoms with Gasteiger partial charge in [-0.05, 0) is 18.4 Å². The third-order valence-corrected chi connectivity index (χ3v) is 4.99. The van der Waals surface area contributed by atoms with Crippen molar-refractivity contribution < 1.29 is 18.0 Å². The quantitative estimate of drug-likeness (QED) is 0.862. The molecule has 0 radical (unpaired) electrons. The summed E-state index contributed by atoms with van der Waals surface area (Å²) in [6, 6.07) is 1.75. The number of hydrogen-bond donors (Lipinski definition) is 2. The van der Waals surface area contributed by atoms with Crippen LogP contribution in [0.4, 0.5) is 13.2 Å². The van der Waals surface area contributed by atoms with Gasteiger partial charge in [-0.3, -0.25) is 4.79 Å². The number of halogens is 3. The largest absolute Gasteiger partial charge is 0.434 e. The molecule has 2 aromatic heterocycles. The molecule has 1 unspecified atom stereocenters. The Morgan fingerprint density at radius 3 is 2.96 bits per heavy atom. The van der Waals surface area contributed by atoms with Gasteiger partial charge in [-0.2, -0.15) is 13.2 Å². The van der Waals surface area contributed by atoms with Crippen LogP contribution in [0.5, 0.6) is 0 Å². The summed E-state index contributed by atoms with van der Waals surface area (Å²) in [6.07, 6.45) is -1.94. The van der Waals surface area contributed by atoms with Crippen LogP contribution in [0.2, 0.25) is 0 Å². The molecule has 0 aromatic carbocycles. The molecule has 1 aliphatic heterocycles. The van der Waals surface area contributed by atoms with Crippen molar-refractivity contribution in [2.24, 2.45) is 11.7 Å². The fraction of sp³-hybridized carbons (Fsp3) is 0.467. The summed E-state index contributed by atoms with van der Waals surface area (Å²) in [7, 11) is 0. The minimum absolute atomic E-state index is 0.253. The van der Waals surface area contributed by atoms with E-state index < -0.39 is 17.8 Å². The van der Waals surface area contributed by atoms with E-state index in [9.17, 15) is 18.0 Å². The minimum atomic E-state index is -4.39. The highest BCUT2D eigenvalue weighted by Gasteiger charge is 2.35. The fourth-order valence-corrected chi connectivity index (χ4v) is 3.66. The van der Waals surface area contributed by atoms with Crippen LogP contribution in [-0.4, -0.2) is 22.0 Å². The zero-order valence-electron chi connectivity index (χ0n) is 12.8. The Bertz CT molecular complexity index is 737. The van der Waals surface area contributed by atoms with Gasteiger partial charge >= 0.3 is 6.18 Å². The number of nitrogens with zero attached hydrogens (tertiary/aromatic N) is 2. The zero-order chi connectivity index (χ0) is 17.3. The molecule has 0 fully saturated rings. The number of nitrogens with one attached hydrogen (secondary N) is 1. The summed E-state index contributed by atoms with van der Waals surface area (Å²) in [5.41, 5.74) is 4.89. The molecule has 130 valence electrons. The number of fused-ring (bicyclic) bond motifs is 1. The first kappa shape index (κ1) is 17.0. The number of rotatable bonds is 5. The van der Waals surface area contributed by atoms with E-state index in [-0.39, 0.29) is 5.92 Å². The van der Waals surface area contributed by atoms with Gasteiger partial charge in [0.15, 0.2) is 5.69 Å². The normalized spacial score (nSPS) is 17.7.